The van der Waals surface area contributed by atoms with Crippen LogP contribution < -0.4 is 5.32 Å². The number of fused-ring (bicyclic) bond motifs is 1. The summed E-state index contributed by atoms with van der Waals surface area (Å²) in [5, 5.41) is 2.77. The Bertz CT molecular complexity index is 667. The largest absolute Gasteiger partial charge is 0.325 e. The van der Waals surface area contributed by atoms with Gasteiger partial charge in [0.25, 0.3) is 0 Å². The third kappa shape index (κ3) is 3.81. The molecule has 0 bridgehead atoms. The zero-order valence-corrected chi connectivity index (χ0v) is 14.5. The topological polar surface area (TPSA) is 66.5 Å². The summed E-state index contributed by atoms with van der Waals surface area (Å²) in [5.41, 5.74) is 1.92. The van der Waals surface area contributed by atoms with Gasteiger partial charge >= 0.3 is 0 Å². The molecule has 132 valence electrons. The van der Waals surface area contributed by atoms with E-state index in [1.165, 1.54) is 5.56 Å². The van der Waals surface area contributed by atoms with Crippen LogP contribution in [-0.4, -0.2) is 29.2 Å². The SMILES string of the molecule is CCCCc1ccc(NC(=O)CN2C(=O)[C@@H]3CC=CC[C@H]3C2=O)cc1. The molecule has 25 heavy (non-hydrogen) atoms. The van der Waals surface area contributed by atoms with Crippen molar-refractivity contribution in [1.29, 1.82) is 0 Å². The van der Waals surface area contributed by atoms with E-state index in [-0.39, 0.29) is 36.1 Å². The molecule has 5 heteroatoms. The van der Waals surface area contributed by atoms with Gasteiger partial charge in [0.1, 0.15) is 6.54 Å². The van der Waals surface area contributed by atoms with Crippen LogP contribution in [0.15, 0.2) is 36.4 Å². The van der Waals surface area contributed by atoms with Crippen molar-refractivity contribution in [2.45, 2.75) is 39.0 Å². The molecule has 2 aliphatic rings. The van der Waals surface area contributed by atoms with Gasteiger partial charge < -0.3 is 5.32 Å². The molecule has 0 aromatic heterocycles. The van der Waals surface area contributed by atoms with Crippen molar-refractivity contribution in [2.75, 3.05) is 11.9 Å². The average molecular weight is 340 g/mol. The zero-order valence-electron chi connectivity index (χ0n) is 14.5. The maximum Gasteiger partial charge on any atom is 0.244 e. The minimum atomic E-state index is -0.338. The molecule has 1 aliphatic carbocycles. The molecule has 1 fully saturated rings. The summed E-state index contributed by atoms with van der Waals surface area (Å²) in [6, 6.07) is 7.72. The van der Waals surface area contributed by atoms with Gasteiger partial charge in [-0.2, -0.15) is 0 Å². The molecular formula is C20H24N2O3. The van der Waals surface area contributed by atoms with Crippen LogP contribution in [0.25, 0.3) is 0 Å². The average Bonchev–Trinajstić information content (AvgIpc) is 2.86. The predicted octanol–water partition coefficient (Wildman–Crippen LogP) is 2.92. The van der Waals surface area contributed by atoms with Crippen LogP contribution in [0.3, 0.4) is 0 Å². The van der Waals surface area contributed by atoms with Crippen molar-refractivity contribution >= 4 is 23.4 Å². The van der Waals surface area contributed by atoms with E-state index in [9.17, 15) is 14.4 Å². The van der Waals surface area contributed by atoms with Crippen LogP contribution in [0.5, 0.6) is 0 Å². The molecule has 1 aromatic carbocycles. The Morgan fingerprint density at radius 3 is 2.24 bits per heavy atom. The van der Waals surface area contributed by atoms with Crippen molar-refractivity contribution in [3.8, 4) is 0 Å². The highest BCUT2D eigenvalue weighted by Gasteiger charge is 2.47. The predicted molar refractivity (Wildman–Crippen MR) is 95.8 cm³/mol. The van der Waals surface area contributed by atoms with E-state index in [0.717, 1.165) is 24.2 Å². The number of nitrogens with one attached hydrogen (secondary N) is 1. The lowest BCUT2D eigenvalue weighted by molar-refractivity contribution is -0.142. The first kappa shape index (κ1) is 17.4. The number of hydrogen-bond acceptors (Lipinski definition) is 3. The molecule has 1 N–H and O–H groups in total. The Labute approximate surface area is 148 Å². The van der Waals surface area contributed by atoms with Gasteiger partial charge in [0.15, 0.2) is 0 Å². The van der Waals surface area contributed by atoms with Crippen molar-refractivity contribution in [3.05, 3.63) is 42.0 Å². The number of aryl methyl sites for hydroxylation is 1. The number of imide groups is 1. The fourth-order valence-electron chi connectivity index (χ4n) is 3.50. The minimum absolute atomic E-state index is 0.206. The molecule has 1 aromatic rings. The van der Waals surface area contributed by atoms with Gasteiger partial charge in [0.2, 0.25) is 17.7 Å². The number of unbranched alkanes of at least 4 members (excludes halogenated alkanes) is 1. The second-order valence-electron chi connectivity index (χ2n) is 6.77. The number of carbonyl (C=O) groups is 3. The molecule has 0 spiro atoms. The number of likely N-dealkylation sites (tertiary alicyclic amines) is 1. The lowest BCUT2D eigenvalue weighted by atomic mass is 9.85. The summed E-state index contributed by atoms with van der Waals surface area (Å²) in [6.45, 7) is 1.95. The number of anilines is 1. The van der Waals surface area contributed by atoms with E-state index >= 15 is 0 Å². The van der Waals surface area contributed by atoms with E-state index in [1.807, 2.05) is 36.4 Å². The molecule has 3 amide bonds. The Hall–Kier alpha value is -2.43. The second kappa shape index (κ2) is 7.64. The molecule has 1 saturated heterocycles. The van der Waals surface area contributed by atoms with Crippen molar-refractivity contribution in [2.24, 2.45) is 11.8 Å². The van der Waals surface area contributed by atoms with Crippen molar-refractivity contribution < 1.29 is 14.4 Å². The Morgan fingerprint density at radius 1 is 1.08 bits per heavy atom. The highest BCUT2D eigenvalue weighted by Crippen LogP contribution is 2.34. The third-order valence-corrected chi connectivity index (χ3v) is 4.96. The Kier molecular flexibility index (Phi) is 5.31. The number of rotatable bonds is 6. The summed E-state index contributed by atoms with van der Waals surface area (Å²) in [5.74, 6) is -1.35. The molecule has 2 atom stereocenters. The highest BCUT2D eigenvalue weighted by atomic mass is 16.2. The van der Waals surface area contributed by atoms with Crippen LogP contribution in [0.4, 0.5) is 5.69 Å². The van der Waals surface area contributed by atoms with Crippen LogP contribution >= 0.6 is 0 Å². The molecule has 0 saturated carbocycles. The fourth-order valence-corrected chi connectivity index (χ4v) is 3.50. The fraction of sp³-hybridized carbons (Fsp3) is 0.450. The number of hydrogen-bond donors (Lipinski definition) is 1. The first-order valence-corrected chi connectivity index (χ1v) is 8.99. The summed E-state index contributed by atoms with van der Waals surface area (Å²) in [4.78, 5) is 38.1. The summed E-state index contributed by atoms with van der Waals surface area (Å²) in [7, 11) is 0. The first-order chi connectivity index (χ1) is 12.1. The number of allylic oxidation sites excluding steroid dienone is 2. The second-order valence-corrected chi connectivity index (χ2v) is 6.77. The van der Waals surface area contributed by atoms with Crippen molar-refractivity contribution in [3.63, 3.8) is 0 Å². The van der Waals surface area contributed by atoms with Crippen LogP contribution in [0.1, 0.15) is 38.2 Å². The monoisotopic (exact) mass is 340 g/mol. The first-order valence-electron chi connectivity index (χ1n) is 8.99. The van der Waals surface area contributed by atoms with Gasteiger partial charge in [-0.3, -0.25) is 19.3 Å². The molecule has 1 heterocycles. The normalized spacial score (nSPS) is 22.2. The van der Waals surface area contributed by atoms with E-state index in [2.05, 4.69) is 12.2 Å². The molecule has 0 radical (unpaired) electrons. The highest BCUT2D eigenvalue weighted by molar-refractivity contribution is 6.08. The summed E-state index contributed by atoms with van der Waals surface area (Å²) >= 11 is 0. The third-order valence-electron chi connectivity index (χ3n) is 4.96. The quantitative estimate of drug-likeness (QED) is 0.639. The van der Waals surface area contributed by atoms with E-state index < -0.39 is 0 Å². The molecule has 1 aliphatic heterocycles. The lowest BCUT2D eigenvalue weighted by Crippen LogP contribution is -2.38. The maximum atomic E-state index is 12.4. The number of amides is 3. The number of carbonyl (C=O) groups excluding carboxylic acids is 3. The van der Waals surface area contributed by atoms with Crippen LogP contribution in [-0.2, 0) is 20.8 Å². The van der Waals surface area contributed by atoms with E-state index in [0.29, 0.717) is 18.5 Å². The van der Waals surface area contributed by atoms with Gasteiger partial charge in [0.05, 0.1) is 11.8 Å². The Balaban J connectivity index is 1.57. The zero-order chi connectivity index (χ0) is 17.8. The molecular weight excluding hydrogens is 316 g/mol. The van der Waals surface area contributed by atoms with Gasteiger partial charge in [-0.15, -0.1) is 0 Å². The van der Waals surface area contributed by atoms with Gasteiger partial charge in [0, 0.05) is 5.69 Å². The number of nitrogens with zero attached hydrogens (tertiary/aromatic N) is 1. The Morgan fingerprint density at radius 2 is 1.68 bits per heavy atom. The van der Waals surface area contributed by atoms with Gasteiger partial charge in [-0.25, -0.2) is 0 Å². The smallest absolute Gasteiger partial charge is 0.244 e. The summed E-state index contributed by atoms with van der Waals surface area (Å²) < 4.78 is 0. The van der Waals surface area contributed by atoms with E-state index in [4.69, 9.17) is 0 Å². The van der Waals surface area contributed by atoms with Gasteiger partial charge in [-0.05, 0) is 43.4 Å². The van der Waals surface area contributed by atoms with E-state index in [1.54, 1.807) is 0 Å². The maximum absolute atomic E-state index is 12.4. The number of benzene rings is 1. The molecule has 5 nitrogen and oxygen atoms in total. The molecule has 3 rings (SSSR count). The molecule has 0 unspecified atom stereocenters. The van der Waals surface area contributed by atoms with Crippen LogP contribution in [0, 0.1) is 11.8 Å². The van der Waals surface area contributed by atoms with Gasteiger partial charge in [-0.1, -0.05) is 37.6 Å². The standard InChI is InChI=1S/C20H24N2O3/c1-2-3-6-14-9-11-15(12-10-14)21-18(23)13-22-19(24)16-7-4-5-8-17(16)20(22)25/h4-5,9-12,16-17H,2-3,6-8,13H2,1H3,(H,21,23)/t16-,17-/m1/s1. The van der Waals surface area contributed by atoms with Crippen molar-refractivity contribution in [1.82, 2.24) is 4.90 Å². The summed E-state index contributed by atoms with van der Waals surface area (Å²) in [6.07, 6.45) is 8.37. The van der Waals surface area contributed by atoms with Crippen LogP contribution in [0.2, 0.25) is 0 Å². The lowest BCUT2D eigenvalue weighted by Gasteiger charge is -2.14. The minimum Gasteiger partial charge on any atom is -0.325 e.